The Morgan fingerprint density at radius 1 is 1.11 bits per heavy atom. The summed E-state index contributed by atoms with van der Waals surface area (Å²) in [5.74, 6) is -1.41. The Morgan fingerprint density at radius 3 is 2.57 bits per heavy atom. The standard InChI is InChI=1S/C21H17ClF2N2O2/c1-12-6-15(23)3-4-16(12)19-8-14(11-27)9-20(26-19)21(28)25-10-13-2-5-17(22)18(24)7-13/h2-9,27H,10-11H2,1H3,(H,25,28). The Hall–Kier alpha value is -2.83. The third-order valence-electron chi connectivity index (χ3n) is 4.20. The van der Waals surface area contributed by atoms with Crippen LogP contribution in [0, 0.1) is 18.6 Å². The second-order valence-electron chi connectivity index (χ2n) is 6.29. The van der Waals surface area contributed by atoms with Gasteiger partial charge < -0.3 is 10.4 Å². The third kappa shape index (κ3) is 4.52. The van der Waals surface area contributed by atoms with Crippen LogP contribution in [0.15, 0.2) is 48.5 Å². The van der Waals surface area contributed by atoms with E-state index < -0.39 is 11.7 Å². The zero-order chi connectivity index (χ0) is 20.3. The highest BCUT2D eigenvalue weighted by molar-refractivity contribution is 6.30. The first-order valence-corrected chi connectivity index (χ1v) is 8.85. The predicted octanol–water partition coefficient (Wildman–Crippen LogP) is 4.41. The number of rotatable bonds is 5. The molecule has 1 amide bonds. The highest BCUT2D eigenvalue weighted by Gasteiger charge is 2.13. The van der Waals surface area contributed by atoms with Gasteiger partial charge in [0, 0.05) is 12.1 Å². The molecule has 144 valence electrons. The molecule has 0 aliphatic carbocycles. The van der Waals surface area contributed by atoms with Crippen LogP contribution in [0.5, 0.6) is 0 Å². The Kier molecular flexibility index (Phi) is 6.02. The van der Waals surface area contributed by atoms with Gasteiger partial charge in [0.1, 0.15) is 17.3 Å². The van der Waals surface area contributed by atoms with Gasteiger partial charge in [0.15, 0.2) is 0 Å². The molecule has 0 saturated heterocycles. The van der Waals surface area contributed by atoms with Crippen LogP contribution in [0.25, 0.3) is 11.3 Å². The van der Waals surface area contributed by atoms with Crippen molar-refractivity contribution in [1.82, 2.24) is 10.3 Å². The maximum Gasteiger partial charge on any atom is 0.270 e. The van der Waals surface area contributed by atoms with Crippen LogP contribution in [-0.4, -0.2) is 16.0 Å². The van der Waals surface area contributed by atoms with E-state index in [0.29, 0.717) is 27.9 Å². The fourth-order valence-electron chi connectivity index (χ4n) is 2.77. The van der Waals surface area contributed by atoms with Crippen molar-refractivity contribution < 1.29 is 18.7 Å². The van der Waals surface area contributed by atoms with Gasteiger partial charge in [0.05, 0.1) is 17.3 Å². The number of amides is 1. The van der Waals surface area contributed by atoms with Gasteiger partial charge in [-0.25, -0.2) is 13.8 Å². The third-order valence-corrected chi connectivity index (χ3v) is 4.51. The average Bonchev–Trinajstić information content (AvgIpc) is 2.68. The fourth-order valence-corrected chi connectivity index (χ4v) is 2.89. The summed E-state index contributed by atoms with van der Waals surface area (Å²) in [6.45, 7) is 1.54. The number of nitrogens with one attached hydrogen (secondary N) is 1. The number of aliphatic hydroxyl groups is 1. The molecule has 2 N–H and O–H groups in total. The summed E-state index contributed by atoms with van der Waals surface area (Å²) < 4.78 is 26.9. The Morgan fingerprint density at radius 2 is 1.89 bits per heavy atom. The van der Waals surface area contributed by atoms with Gasteiger partial charge in [-0.05, 0) is 66.1 Å². The van der Waals surface area contributed by atoms with Crippen molar-refractivity contribution in [2.45, 2.75) is 20.1 Å². The minimum Gasteiger partial charge on any atom is -0.392 e. The zero-order valence-corrected chi connectivity index (χ0v) is 15.7. The lowest BCUT2D eigenvalue weighted by molar-refractivity contribution is 0.0945. The van der Waals surface area contributed by atoms with Crippen molar-refractivity contribution >= 4 is 17.5 Å². The van der Waals surface area contributed by atoms with Crippen LogP contribution in [0.3, 0.4) is 0 Å². The van der Waals surface area contributed by atoms with Gasteiger partial charge in [-0.15, -0.1) is 0 Å². The lowest BCUT2D eigenvalue weighted by Gasteiger charge is -2.11. The quantitative estimate of drug-likeness (QED) is 0.664. The second kappa shape index (κ2) is 8.46. The molecule has 0 unspecified atom stereocenters. The maximum absolute atomic E-state index is 13.5. The molecule has 0 saturated carbocycles. The summed E-state index contributed by atoms with van der Waals surface area (Å²) in [6, 6.07) is 11.6. The molecular formula is C21H17ClF2N2O2. The number of aryl methyl sites for hydroxylation is 1. The first-order chi connectivity index (χ1) is 13.4. The first-order valence-electron chi connectivity index (χ1n) is 8.48. The zero-order valence-electron chi connectivity index (χ0n) is 15.0. The number of carbonyl (C=O) groups excluding carboxylic acids is 1. The highest BCUT2D eigenvalue weighted by atomic mass is 35.5. The van der Waals surface area contributed by atoms with E-state index in [1.54, 1.807) is 25.1 Å². The molecular weight excluding hydrogens is 386 g/mol. The van der Waals surface area contributed by atoms with Crippen molar-refractivity contribution in [2.24, 2.45) is 0 Å². The Labute approximate surface area is 165 Å². The largest absolute Gasteiger partial charge is 0.392 e. The number of aromatic nitrogens is 1. The number of hydrogen-bond acceptors (Lipinski definition) is 3. The predicted molar refractivity (Wildman–Crippen MR) is 103 cm³/mol. The summed E-state index contributed by atoms with van der Waals surface area (Å²) in [4.78, 5) is 16.9. The number of hydrogen-bond donors (Lipinski definition) is 2. The van der Waals surface area contributed by atoms with Crippen molar-refractivity contribution in [3.05, 3.63) is 87.6 Å². The summed E-state index contributed by atoms with van der Waals surface area (Å²) >= 11 is 5.65. The van der Waals surface area contributed by atoms with E-state index in [9.17, 15) is 18.7 Å². The molecule has 0 radical (unpaired) electrons. The Bertz CT molecular complexity index is 1040. The molecule has 28 heavy (non-hydrogen) atoms. The molecule has 2 aromatic carbocycles. The van der Waals surface area contributed by atoms with Crippen molar-refractivity contribution in [3.8, 4) is 11.3 Å². The minimum absolute atomic E-state index is 0.00620. The van der Waals surface area contributed by atoms with Crippen LogP contribution in [0.4, 0.5) is 8.78 Å². The van der Waals surface area contributed by atoms with E-state index in [2.05, 4.69) is 10.3 Å². The number of halogens is 3. The van der Waals surface area contributed by atoms with Crippen LogP contribution in [0.2, 0.25) is 5.02 Å². The molecule has 0 spiro atoms. The van der Waals surface area contributed by atoms with E-state index in [0.717, 1.165) is 0 Å². The summed E-state index contributed by atoms with van der Waals surface area (Å²) in [7, 11) is 0. The average molecular weight is 403 g/mol. The second-order valence-corrected chi connectivity index (χ2v) is 6.70. The molecule has 4 nitrogen and oxygen atoms in total. The van der Waals surface area contributed by atoms with Crippen molar-refractivity contribution in [1.29, 1.82) is 0 Å². The van der Waals surface area contributed by atoms with Crippen molar-refractivity contribution in [2.75, 3.05) is 0 Å². The molecule has 1 heterocycles. The van der Waals surface area contributed by atoms with Crippen LogP contribution >= 0.6 is 11.6 Å². The van der Waals surface area contributed by atoms with Gasteiger partial charge in [0.25, 0.3) is 5.91 Å². The lowest BCUT2D eigenvalue weighted by atomic mass is 10.0. The molecule has 0 bridgehead atoms. The highest BCUT2D eigenvalue weighted by Crippen LogP contribution is 2.24. The van der Waals surface area contributed by atoms with E-state index in [-0.39, 0.29) is 29.7 Å². The van der Waals surface area contributed by atoms with Crippen molar-refractivity contribution in [3.63, 3.8) is 0 Å². The lowest BCUT2D eigenvalue weighted by Crippen LogP contribution is -2.24. The fraction of sp³-hybridized carbons (Fsp3) is 0.143. The number of pyridine rings is 1. The minimum atomic E-state index is -0.567. The maximum atomic E-state index is 13.5. The molecule has 3 rings (SSSR count). The first kappa shape index (κ1) is 19.9. The molecule has 1 aromatic heterocycles. The van der Waals surface area contributed by atoms with E-state index >= 15 is 0 Å². The van der Waals surface area contributed by atoms with E-state index in [1.165, 1.54) is 30.3 Å². The van der Waals surface area contributed by atoms with Crippen LogP contribution in [0.1, 0.15) is 27.2 Å². The van der Waals surface area contributed by atoms with Gasteiger partial charge in [-0.2, -0.15) is 0 Å². The molecule has 3 aromatic rings. The monoisotopic (exact) mass is 402 g/mol. The Balaban J connectivity index is 1.86. The molecule has 0 aliphatic heterocycles. The smallest absolute Gasteiger partial charge is 0.270 e. The number of nitrogens with zero attached hydrogens (tertiary/aromatic N) is 1. The number of benzene rings is 2. The normalized spacial score (nSPS) is 10.8. The van der Waals surface area contributed by atoms with Crippen LogP contribution in [-0.2, 0) is 13.2 Å². The molecule has 0 aliphatic rings. The van der Waals surface area contributed by atoms with E-state index in [1.807, 2.05) is 0 Å². The van der Waals surface area contributed by atoms with Gasteiger partial charge in [-0.3, -0.25) is 4.79 Å². The summed E-state index contributed by atoms with van der Waals surface area (Å²) in [5, 5.41) is 12.2. The van der Waals surface area contributed by atoms with Gasteiger partial charge >= 0.3 is 0 Å². The molecule has 0 fully saturated rings. The molecule has 7 heteroatoms. The molecule has 0 atom stereocenters. The summed E-state index contributed by atoms with van der Waals surface area (Å²) in [6.07, 6.45) is 0. The van der Waals surface area contributed by atoms with Crippen LogP contribution < -0.4 is 5.32 Å². The summed E-state index contributed by atoms with van der Waals surface area (Å²) in [5.41, 5.74) is 2.90. The SMILES string of the molecule is Cc1cc(F)ccc1-c1cc(CO)cc(C(=O)NCc2ccc(Cl)c(F)c2)n1. The van der Waals surface area contributed by atoms with E-state index in [4.69, 9.17) is 11.6 Å². The van der Waals surface area contributed by atoms with Gasteiger partial charge in [0.2, 0.25) is 0 Å². The topological polar surface area (TPSA) is 62.2 Å². The number of carbonyl (C=O) groups is 1. The van der Waals surface area contributed by atoms with Gasteiger partial charge in [-0.1, -0.05) is 17.7 Å². The number of aliphatic hydroxyl groups excluding tert-OH is 1.